The van der Waals surface area contributed by atoms with Crippen LogP contribution in [0, 0.1) is 5.92 Å². The molecule has 0 spiro atoms. The molecule has 0 aliphatic rings. The molecular weight excluding hydrogens is 172 g/mol. The van der Waals surface area contributed by atoms with Crippen molar-refractivity contribution in [3.8, 4) is 0 Å². The Morgan fingerprint density at radius 3 is 2.83 bits per heavy atom. The predicted molar refractivity (Wildman–Crippen MR) is 52.6 cm³/mol. The van der Waals surface area contributed by atoms with Gasteiger partial charge in [-0.3, -0.25) is 0 Å². The third-order valence-electron chi connectivity index (χ3n) is 1.41. The summed E-state index contributed by atoms with van der Waals surface area (Å²) in [5.41, 5.74) is 0. The highest BCUT2D eigenvalue weighted by atomic mass is 35.5. The van der Waals surface area contributed by atoms with E-state index in [0.717, 1.165) is 12.4 Å². The van der Waals surface area contributed by atoms with Crippen molar-refractivity contribution in [2.24, 2.45) is 5.92 Å². The van der Waals surface area contributed by atoms with Gasteiger partial charge in [0, 0.05) is 6.54 Å². The maximum atomic E-state index is 5.71. The molecule has 0 amide bonds. The molecule has 2 nitrogen and oxygen atoms in total. The SMILES string of the molecule is CC(C)CNc1cccc(Cl)n1. The van der Waals surface area contributed by atoms with Gasteiger partial charge in [0.25, 0.3) is 0 Å². The van der Waals surface area contributed by atoms with Gasteiger partial charge in [-0.15, -0.1) is 0 Å². The molecule has 0 bridgehead atoms. The van der Waals surface area contributed by atoms with Crippen molar-refractivity contribution < 1.29 is 0 Å². The highest BCUT2D eigenvalue weighted by Crippen LogP contribution is 2.09. The van der Waals surface area contributed by atoms with E-state index in [4.69, 9.17) is 11.6 Å². The fourth-order valence-corrected chi connectivity index (χ4v) is 0.979. The monoisotopic (exact) mass is 184 g/mol. The quantitative estimate of drug-likeness (QED) is 0.731. The molecule has 1 aromatic rings. The number of rotatable bonds is 3. The second-order valence-electron chi connectivity index (χ2n) is 3.12. The van der Waals surface area contributed by atoms with Gasteiger partial charge in [0.15, 0.2) is 0 Å². The van der Waals surface area contributed by atoms with Gasteiger partial charge in [0.05, 0.1) is 0 Å². The Balaban J connectivity index is 2.52. The minimum absolute atomic E-state index is 0.531. The van der Waals surface area contributed by atoms with E-state index < -0.39 is 0 Å². The van der Waals surface area contributed by atoms with E-state index in [9.17, 15) is 0 Å². The Bertz CT molecular complexity index is 248. The molecule has 12 heavy (non-hydrogen) atoms. The van der Waals surface area contributed by atoms with Crippen molar-refractivity contribution in [3.63, 3.8) is 0 Å². The number of hydrogen-bond donors (Lipinski definition) is 1. The average Bonchev–Trinajstić information content (AvgIpc) is 2.01. The van der Waals surface area contributed by atoms with Crippen molar-refractivity contribution >= 4 is 17.4 Å². The van der Waals surface area contributed by atoms with Gasteiger partial charge >= 0.3 is 0 Å². The molecule has 0 saturated heterocycles. The van der Waals surface area contributed by atoms with Gasteiger partial charge < -0.3 is 5.32 Å². The fraction of sp³-hybridized carbons (Fsp3) is 0.444. The van der Waals surface area contributed by atoms with E-state index >= 15 is 0 Å². The molecule has 0 unspecified atom stereocenters. The van der Waals surface area contributed by atoms with Crippen LogP contribution in [-0.4, -0.2) is 11.5 Å². The number of pyridine rings is 1. The smallest absolute Gasteiger partial charge is 0.131 e. The summed E-state index contributed by atoms with van der Waals surface area (Å²) in [6, 6.07) is 5.56. The zero-order chi connectivity index (χ0) is 8.97. The van der Waals surface area contributed by atoms with E-state index in [0.29, 0.717) is 11.1 Å². The maximum absolute atomic E-state index is 5.71. The topological polar surface area (TPSA) is 24.9 Å². The van der Waals surface area contributed by atoms with E-state index in [2.05, 4.69) is 24.1 Å². The highest BCUT2D eigenvalue weighted by Gasteiger charge is 1.95. The van der Waals surface area contributed by atoms with Gasteiger partial charge in [-0.2, -0.15) is 0 Å². The predicted octanol–water partition coefficient (Wildman–Crippen LogP) is 2.80. The highest BCUT2D eigenvalue weighted by molar-refractivity contribution is 6.29. The second-order valence-corrected chi connectivity index (χ2v) is 3.51. The van der Waals surface area contributed by atoms with Gasteiger partial charge in [0.2, 0.25) is 0 Å². The molecular formula is C9H13ClN2. The molecule has 66 valence electrons. The lowest BCUT2D eigenvalue weighted by Crippen LogP contribution is -2.08. The van der Waals surface area contributed by atoms with E-state index in [-0.39, 0.29) is 0 Å². The number of nitrogens with one attached hydrogen (secondary N) is 1. The molecule has 1 N–H and O–H groups in total. The fourth-order valence-electron chi connectivity index (χ4n) is 0.815. The molecule has 1 aromatic heterocycles. The molecule has 1 heterocycles. The van der Waals surface area contributed by atoms with Gasteiger partial charge in [0.1, 0.15) is 11.0 Å². The van der Waals surface area contributed by atoms with Crippen LogP contribution in [0.25, 0.3) is 0 Å². The third-order valence-corrected chi connectivity index (χ3v) is 1.62. The van der Waals surface area contributed by atoms with Crippen molar-refractivity contribution in [3.05, 3.63) is 23.4 Å². The first-order valence-corrected chi connectivity index (χ1v) is 4.42. The lowest BCUT2D eigenvalue weighted by Gasteiger charge is -2.07. The van der Waals surface area contributed by atoms with Crippen LogP contribution in [-0.2, 0) is 0 Å². The standard InChI is InChI=1S/C9H13ClN2/c1-7(2)6-11-9-5-3-4-8(10)12-9/h3-5,7H,6H2,1-2H3,(H,11,12). The summed E-state index contributed by atoms with van der Waals surface area (Å²) in [6.07, 6.45) is 0. The van der Waals surface area contributed by atoms with Crippen LogP contribution in [0.1, 0.15) is 13.8 Å². The Labute approximate surface area is 78.0 Å². The molecule has 0 radical (unpaired) electrons. The van der Waals surface area contributed by atoms with Crippen LogP contribution in [0.4, 0.5) is 5.82 Å². The van der Waals surface area contributed by atoms with E-state index in [1.165, 1.54) is 0 Å². The summed E-state index contributed by atoms with van der Waals surface area (Å²) < 4.78 is 0. The number of halogens is 1. The zero-order valence-electron chi connectivity index (χ0n) is 7.34. The van der Waals surface area contributed by atoms with Gasteiger partial charge in [-0.25, -0.2) is 4.98 Å². The molecule has 0 saturated carbocycles. The minimum Gasteiger partial charge on any atom is -0.370 e. The van der Waals surface area contributed by atoms with Crippen LogP contribution in [0.15, 0.2) is 18.2 Å². The van der Waals surface area contributed by atoms with Crippen LogP contribution in [0.2, 0.25) is 5.15 Å². The Kier molecular flexibility index (Phi) is 3.35. The molecule has 0 fully saturated rings. The minimum atomic E-state index is 0.531. The molecule has 1 rings (SSSR count). The summed E-state index contributed by atoms with van der Waals surface area (Å²) in [6.45, 7) is 5.22. The van der Waals surface area contributed by atoms with Gasteiger partial charge in [-0.05, 0) is 18.1 Å². The molecule has 0 aliphatic carbocycles. The average molecular weight is 185 g/mol. The Morgan fingerprint density at radius 1 is 1.50 bits per heavy atom. The van der Waals surface area contributed by atoms with Crippen LogP contribution in [0.5, 0.6) is 0 Å². The molecule has 0 aliphatic heterocycles. The maximum Gasteiger partial charge on any atom is 0.131 e. The Hall–Kier alpha value is -0.760. The Morgan fingerprint density at radius 2 is 2.25 bits per heavy atom. The van der Waals surface area contributed by atoms with Crippen molar-refractivity contribution in [1.29, 1.82) is 0 Å². The molecule has 0 atom stereocenters. The normalized spacial score (nSPS) is 10.3. The number of hydrogen-bond acceptors (Lipinski definition) is 2. The van der Waals surface area contributed by atoms with Crippen molar-refractivity contribution in [1.82, 2.24) is 4.98 Å². The number of anilines is 1. The zero-order valence-corrected chi connectivity index (χ0v) is 8.10. The first kappa shape index (κ1) is 9.33. The summed E-state index contributed by atoms with van der Waals surface area (Å²) in [5.74, 6) is 1.46. The lowest BCUT2D eigenvalue weighted by molar-refractivity contribution is 0.687. The van der Waals surface area contributed by atoms with Gasteiger partial charge in [-0.1, -0.05) is 31.5 Å². The van der Waals surface area contributed by atoms with Crippen molar-refractivity contribution in [2.45, 2.75) is 13.8 Å². The van der Waals surface area contributed by atoms with Crippen LogP contribution in [0.3, 0.4) is 0 Å². The van der Waals surface area contributed by atoms with Crippen LogP contribution < -0.4 is 5.32 Å². The summed E-state index contributed by atoms with van der Waals surface area (Å²) in [4.78, 5) is 4.10. The lowest BCUT2D eigenvalue weighted by atomic mass is 10.2. The number of aromatic nitrogens is 1. The summed E-state index contributed by atoms with van der Waals surface area (Å²) >= 11 is 5.71. The summed E-state index contributed by atoms with van der Waals surface area (Å²) in [7, 11) is 0. The molecule has 0 aromatic carbocycles. The second kappa shape index (κ2) is 4.31. The third kappa shape index (κ3) is 3.09. The first-order valence-electron chi connectivity index (χ1n) is 4.05. The largest absolute Gasteiger partial charge is 0.370 e. The van der Waals surface area contributed by atoms with E-state index in [1.54, 1.807) is 6.07 Å². The van der Waals surface area contributed by atoms with Crippen molar-refractivity contribution in [2.75, 3.05) is 11.9 Å². The van der Waals surface area contributed by atoms with Crippen LogP contribution >= 0.6 is 11.6 Å². The summed E-state index contributed by atoms with van der Waals surface area (Å²) in [5, 5.41) is 3.72. The first-order chi connectivity index (χ1) is 5.68. The number of nitrogens with zero attached hydrogens (tertiary/aromatic N) is 1. The van der Waals surface area contributed by atoms with E-state index in [1.807, 2.05) is 12.1 Å². The molecule has 3 heteroatoms.